The number of nitrogens with one attached hydrogen (secondary N) is 2. The van der Waals surface area contributed by atoms with Crippen LogP contribution in [0, 0.1) is 0 Å². The van der Waals surface area contributed by atoms with Crippen molar-refractivity contribution in [3.8, 4) is 23.0 Å². The Morgan fingerprint density at radius 1 is 1.06 bits per heavy atom. The number of fused-ring (bicyclic) bond motifs is 1. The van der Waals surface area contributed by atoms with Crippen LogP contribution in [0.15, 0.2) is 79.5 Å². The highest BCUT2D eigenvalue weighted by atomic mass is 16.5. The fourth-order valence-electron chi connectivity index (χ4n) is 3.84. The second kappa shape index (κ2) is 9.04. The van der Waals surface area contributed by atoms with Gasteiger partial charge in [-0.15, -0.1) is 0 Å². The third kappa shape index (κ3) is 4.50. The van der Waals surface area contributed by atoms with Crippen LogP contribution < -0.4 is 14.8 Å². The van der Waals surface area contributed by atoms with Gasteiger partial charge in [0.2, 0.25) is 5.91 Å². The molecule has 0 aliphatic carbocycles. The Labute approximate surface area is 190 Å². The van der Waals surface area contributed by atoms with Gasteiger partial charge in [0.15, 0.2) is 11.5 Å². The predicted octanol–water partition coefficient (Wildman–Crippen LogP) is 4.74. The smallest absolute Gasteiger partial charge is 0.246 e. The van der Waals surface area contributed by atoms with Crippen LogP contribution in [0.5, 0.6) is 23.0 Å². The van der Waals surface area contributed by atoms with E-state index in [2.05, 4.69) is 27.1 Å². The first kappa shape index (κ1) is 20.6. The molecule has 1 fully saturated rings. The van der Waals surface area contributed by atoms with Gasteiger partial charge >= 0.3 is 0 Å². The summed E-state index contributed by atoms with van der Waals surface area (Å²) in [6, 6.07) is 18.9. The molecule has 1 aliphatic heterocycles. The van der Waals surface area contributed by atoms with Crippen molar-refractivity contribution in [2.45, 2.75) is 12.5 Å². The molecular formula is C25H23N5O3. The summed E-state index contributed by atoms with van der Waals surface area (Å²) in [6.07, 6.45) is 3.85. The van der Waals surface area contributed by atoms with Crippen LogP contribution in [0.2, 0.25) is 0 Å². The van der Waals surface area contributed by atoms with Crippen LogP contribution in [0.1, 0.15) is 6.42 Å². The van der Waals surface area contributed by atoms with E-state index >= 15 is 0 Å². The highest BCUT2D eigenvalue weighted by molar-refractivity contribution is 5.93. The molecule has 8 heteroatoms. The summed E-state index contributed by atoms with van der Waals surface area (Å²) in [5.41, 5.74) is 0.621. The maximum Gasteiger partial charge on any atom is 0.246 e. The van der Waals surface area contributed by atoms with E-state index in [4.69, 9.17) is 9.47 Å². The first-order chi connectivity index (χ1) is 16.2. The average Bonchev–Trinajstić information content (AvgIpc) is 3.49. The number of rotatable bonds is 7. The molecule has 1 unspecified atom stereocenters. The molecule has 1 atom stereocenters. The van der Waals surface area contributed by atoms with E-state index in [1.807, 2.05) is 54.6 Å². The van der Waals surface area contributed by atoms with E-state index in [1.165, 1.54) is 6.08 Å². The second-order valence-electron chi connectivity index (χ2n) is 7.71. The zero-order valence-corrected chi connectivity index (χ0v) is 17.9. The van der Waals surface area contributed by atoms with Crippen molar-refractivity contribution in [1.29, 1.82) is 0 Å². The summed E-state index contributed by atoms with van der Waals surface area (Å²) < 4.78 is 12.0. The SMILES string of the molecule is C=CC(=O)N1CCC(Nc2n[nH]c3nccc(Oc4ccc(Oc5ccccc5)cc4)c23)C1. The molecule has 4 aromatic rings. The van der Waals surface area contributed by atoms with Crippen LogP contribution >= 0.6 is 0 Å². The summed E-state index contributed by atoms with van der Waals surface area (Å²) in [7, 11) is 0. The number of ether oxygens (including phenoxy) is 2. The van der Waals surface area contributed by atoms with Crippen LogP contribution in [-0.2, 0) is 4.79 Å². The van der Waals surface area contributed by atoms with Gasteiger partial charge in [0.1, 0.15) is 28.4 Å². The number of benzene rings is 2. The van der Waals surface area contributed by atoms with Crippen molar-refractivity contribution in [3.05, 3.63) is 79.5 Å². The molecule has 1 saturated heterocycles. The van der Waals surface area contributed by atoms with Crippen LogP contribution in [0.3, 0.4) is 0 Å². The fraction of sp³-hybridized carbons (Fsp3) is 0.160. The molecule has 0 bridgehead atoms. The Morgan fingerprint density at radius 2 is 1.79 bits per heavy atom. The van der Waals surface area contributed by atoms with Crippen molar-refractivity contribution in [1.82, 2.24) is 20.1 Å². The van der Waals surface area contributed by atoms with Crippen molar-refractivity contribution in [2.75, 3.05) is 18.4 Å². The summed E-state index contributed by atoms with van der Waals surface area (Å²) in [5, 5.41) is 11.5. The number of hydrogen-bond donors (Lipinski definition) is 2. The first-order valence-corrected chi connectivity index (χ1v) is 10.7. The first-order valence-electron chi connectivity index (χ1n) is 10.7. The molecule has 33 heavy (non-hydrogen) atoms. The summed E-state index contributed by atoms with van der Waals surface area (Å²) in [4.78, 5) is 18.0. The Morgan fingerprint density at radius 3 is 2.55 bits per heavy atom. The van der Waals surface area contributed by atoms with Gasteiger partial charge in [-0.25, -0.2) is 4.98 Å². The van der Waals surface area contributed by atoms with Crippen molar-refractivity contribution in [3.63, 3.8) is 0 Å². The van der Waals surface area contributed by atoms with Gasteiger partial charge in [-0.1, -0.05) is 24.8 Å². The number of H-pyrrole nitrogens is 1. The number of aromatic nitrogens is 3. The summed E-state index contributed by atoms with van der Waals surface area (Å²) >= 11 is 0. The van der Waals surface area contributed by atoms with Gasteiger partial charge in [-0.2, -0.15) is 5.10 Å². The van der Waals surface area contributed by atoms with Gasteiger partial charge in [-0.3, -0.25) is 9.89 Å². The number of para-hydroxylation sites is 1. The van der Waals surface area contributed by atoms with E-state index in [1.54, 1.807) is 17.2 Å². The Kier molecular flexibility index (Phi) is 5.63. The van der Waals surface area contributed by atoms with Crippen LogP contribution in [0.4, 0.5) is 5.82 Å². The quantitative estimate of drug-likeness (QED) is 0.403. The lowest BCUT2D eigenvalue weighted by Gasteiger charge is -2.15. The molecule has 2 N–H and O–H groups in total. The van der Waals surface area contributed by atoms with Gasteiger partial charge < -0.3 is 19.7 Å². The molecule has 2 aromatic heterocycles. The Balaban J connectivity index is 1.32. The van der Waals surface area contributed by atoms with Crippen LogP contribution in [-0.4, -0.2) is 45.1 Å². The Hall–Kier alpha value is -4.33. The molecule has 166 valence electrons. The maximum atomic E-state index is 11.9. The minimum atomic E-state index is -0.0587. The number of carbonyl (C=O) groups is 1. The van der Waals surface area contributed by atoms with E-state index in [-0.39, 0.29) is 11.9 Å². The van der Waals surface area contributed by atoms with Gasteiger partial charge in [0.05, 0.1) is 0 Å². The van der Waals surface area contributed by atoms with Crippen molar-refractivity contribution >= 4 is 22.8 Å². The number of pyridine rings is 1. The molecule has 2 aromatic carbocycles. The number of aromatic amines is 1. The topological polar surface area (TPSA) is 92.4 Å². The van der Waals surface area contributed by atoms with Gasteiger partial charge in [-0.05, 0) is 48.9 Å². The highest BCUT2D eigenvalue weighted by Crippen LogP contribution is 2.34. The average molecular weight is 441 g/mol. The number of likely N-dealkylation sites (tertiary alicyclic amines) is 1. The molecule has 1 amide bonds. The molecule has 0 spiro atoms. The largest absolute Gasteiger partial charge is 0.457 e. The number of carbonyl (C=O) groups excluding carboxylic acids is 1. The lowest BCUT2D eigenvalue weighted by molar-refractivity contribution is -0.125. The van der Waals surface area contributed by atoms with E-state index in [9.17, 15) is 4.79 Å². The molecule has 8 nitrogen and oxygen atoms in total. The lowest BCUT2D eigenvalue weighted by atomic mass is 10.2. The van der Waals surface area contributed by atoms with Crippen molar-refractivity contribution < 1.29 is 14.3 Å². The maximum absolute atomic E-state index is 11.9. The number of nitrogens with zero attached hydrogens (tertiary/aromatic N) is 3. The minimum Gasteiger partial charge on any atom is -0.457 e. The molecule has 3 heterocycles. The van der Waals surface area contributed by atoms with E-state index in [0.29, 0.717) is 36.1 Å². The number of amides is 1. The zero-order valence-electron chi connectivity index (χ0n) is 17.9. The Bertz CT molecular complexity index is 1270. The zero-order chi connectivity index (χ0) is 22.6. The normalized spacial score (nSPS) is 15.4. The molecule has 0 radical (unpaired) electrons. The van der Waals surface area contributed by atoms with E-state index < -0.39 is 0 Å². The second-order valence-corrected chi connectivity index (χ2v) is 7.71. The van der Waals surface area contributed by atoms with Crippen LogP contribution in [0.25, 0.3) is 11.0 Å². The minimum absolute atomic E-state index is 0.0587. The third-order valence-corrected chi connectivity index (χ3v) is 5.47. The van der Waals surface area contributed by atoms with E-state index in [0.717, 1.165) is 23.3 Å². The summed E-state index contributed by atoms with van der Waals surface area (Å²) in [6.45, 7) is 4.84. The molecule has 1 aliphatic rings. The van der Waals surface area contributed by atoms with Gasteiger partial charge in [0, 0.05) is 31.4 Å². The number of hydrogen-bond acceptors (Lipinski definition) is 6. The highest BCUT2D eigenvalue weighted by Gasteiger charge is 2.26. The number of anilines is 1. The predicted molar refractivity (Wildman–Crippen MR) is 126 cm³/mol. The fourth-order valence-corrected chi connectivity index (χ4v) is 3.84. The molecular weight excluding hydrogens is 418 g/mol. The lowest BCUT2D eigenvalue weighted by Crippen LogP contribution is -2.30. The summed E-state index contributed by atoms with van der Waals surface area (Å²) in [5.74, 6) is 3.38. The van der Waals surface area contributed by atoms with Gasteiger partial charge in [0.25, 0.3) is 0 Å². The third-order valence-electron chi connectivity index (χ3n) is 5.47. The van der Waals surface area contributed by atoms with Crippen molar-refractivity contribution in [2.24, 2.45) is 0 Å². The monoisotopic (exact) mass is 441 g/mol. The standard InChI is InChI=1S/C25H23N5O3/c1-2-22(31)30-15-13-17(16-30)27-25-23-21(12-14-26-24(23)28-29-25)33-20-10-8-19(9-11-20)32-18-6-4-3-5-7-18/h2-12,14,17H,1,13,15-16H2,(H2,26,27,28,29). The molecule has 0 saturated carbocycles. The molecule has 5 rings (SSSR count).